The largest absolute Gasteiger partial charge is 0.506 e. The lowest BCUT2D eigenvalue weighted by atomic mass is 10.0. The second-order valence-corrected chi connectivity index (χ2v) is 5.99. The van der Waals surface area contributed by atoms with Gasteiger partial charge >= 0.3 is 6.03 Å². The molecule has 4 amide bonds. The fraction of sp³-hybridized carbons (Fsp3) is 0.211. The topological polar surface area (TPSA) is 132 Å². The van der Waals surface area contributed by atoms with Gasteiger partial charge in [0, 0.05) is 26.1 Å². The van der Waals surface area contributed by atoms with Crippen LogP contribution in [-0.4, -0.2) is 36.0 Å². The van der Waals surface area contributed by atoms with Crippen molar-refractivity contribution in [3.8, 4) is 5.75 Å². The van der Waals surface area contributed by atoms with E-state index in [0.717, 1.165) is 0 Å². The molecular formula is C19H23N5O4. The van der Waals surface area contributed by atoms with E-state index < -0.39 is 12.1 Å². The number of amides is 4. The molecule has 0 heterocycles. The van der Waals surface area contributed by atoms with Crippen molar-refractivity contribution in [1.82, 2.24) is 16.1 Å². The predicted octanol–water partition coefficient (Wildman–Crippen LogP) is 1.33. The third-order valence-corrected chi connectivity index (χ3v) is 3.78. The Bertz CT molecular complexity index is 841. The summed E-state index contributed by atoms with van der Waals surface area (Å²) in [5.74, 6) is -0.747. The molecule has 9 nitrogen and oxygen atoms in total. The second-order valence-electron chi connectivity index (χ2n) is 5.99. The molecule has 0 saturated carbocycles. The summed E-state index contributed by atoms with van der Waals surface area (Å²) in [6.07, 6.45) is 0.213. The first-order chi connectivity index (χ1) is 13.4. The summed E-state index contributed by atoms with van der Waals surface area (Å²) in [7, 11) is 1.48. The Kier molecular flexibility index (Phi) is 7.21. The highest BCUT2D eigenvalue weighted by molar-refractivity contribution is 5.90. The number of aromatic hydroxyl groups is 1. The van der Waals surface area contributed by atoms with E-state index in [1.807, 2.05) is 6.07 Å². The van der Waals surface area contributed by atoms with Gasteiger partial charge in [0.1, 0.15) is 11.8 Å². The molecule has 0 fully saturated rings. The Hall–Kier alpha value is -3.75. The third-order valence-electron chi connectivity index (χ3n) is 3.78. The number of benzene rings is 2. The number of anilines is 2. The van der Waals surface area contributed by atoms with Gasteiger partial charge < -0.3 is 21.1 Å². The Morgan fingerprint density at radius 3 is 2.43 bits per heavy atom. The van der Waals surface area contributed by atoms with Crippen LogP contribution in [0.15, 0.2) is 48.5 Å². The van der Waals surface area contributed by atoms with Gasteiger partial charge in [-0.05, 0) is 29.8 Å². The lowest BCUT2D eigenvalue weighted by Crippen LogP contribution is -2.46. The zero-order valence-electron chi connectivity index (χ0n) is 15.6. The maximum Gasteiger partial charge on any atom is 0.337 e. The molecule has 148 valence electrons. The quantitative estimate of drug-likeness (QED) is 0.316. The van der Waals surface area contributed by atoms with Crippen LogP contribution in [0.4, 0.5) is 16.2 Å². The van der Waals surface area contributed by atoms with E-state index in [9.17, 15) is 19.5 Å². The summed E-state index contributed by atoms with van der Waals surface area (Å²) in [6.45, 7) is 1.33. The van der Waals surface area contributed by atoms with Crippen molar-refractivity contribution < 1.29 is 19.5 Å². The summed E-state index contributed by atoms with van der Waals surface area (Å²) >= 11 is 0. The van der Waals surface area contributed by atoms with Crippen LogP contribution < -0.4 is 26.8 Å². The van der Waals surface area contributed by atoms with Crippen molar-refractivity contribution in [2.75, 3.05) is 17.8 Å². The minimum Gasteiger partial charge on any atom is -0.506 e. The summed E-state index contributed by atoms with van der Waals surface area (Å²) in [5, 5.41) is 17.7. The Balaban J connectivity index is 2.02. The summed E-state index contributed by atoms with van der Waals surface area (Å²) in [6, 6.07) is 12.2. The molecule has 6 N–H and O–H groups in total. The van der Waals surface area contributed by atoms with Crippen molar-refractivity contribution >= 4 is 29.2 Å². The first kappa shape index (κ1) is 20.6. The number of phenols is 1. The van der Waals surface area contributed by atoms with Crippen LogP contribution in [0.5, 0.6) is 5.75 Å². The molecule has 0 saturated heterocycles. The van der Waals surface area contributed by atoms with E-state index in [1.54, 1.807) is 36.4 Å². The summed E-state index contributed by atoms with van der Waals surface area (Å²) in [5.41, 5.74) is 6.59. The molecule has 0 radical (unpaired) electrons. The molecular weight excluding hydrogens is 362 g/mol. The fourth-order valence-corrected chi connectivity index (χ4v) is 2.48. The lowest BCUT2D eigenvalue weighted by Gasteiger charge is -2.17. The van der Waals surface area contributed by atoms with E-state index in [0.29, 0.717) is 11.3 Å². The van der Waals surface area contributed by atoms with Gasteiger partial charge in [0.05, 0.1) is 5.69 Å². The highest BCUT2D eigenvalue weighted by Gasteiger charge is 2.19. The Labute approximate surface area is 162 Å². The smallest absolute Gasteiger partial charge is 0.337 e. The first-order valence-electron chi connectivity index (χ1n) is 8.57. The van der Waals surface area contributed by atoms with Crippen LogP contribution in [0.3, 0.4) is 0 Å². The summed E-state index contributed by atoms with van der Waals surface area (Å²) < 4.78 is 0. The van der Waals surface area contributed by atoms with Crippen LogP contribution in [0, 0.1) is 0 Å². The molecule has 0 spiro atoms. The highest BCUT2D eigenvalue weighted by Crippen LogP contribution is 2.24. The van der Waals surface area contributed by atoms with Gasteiger partial charge in [0.25, 0.3) is 0 Å². The van der Waals surface area contributed by atoms with Gasteiger partial charge in [-0.3, -0.25) is 20.4 Å². The van der Waals surface area contributed by atoms with Gasteiger partial charge in [-0.1, -0.05) is 24.3 Å². The van der Waals surface area contributed by atoms with Gasteiger partial charge in [0.2, 0.25) is 11.8 Å². The van der Waals surface area contributed by atoms with E-state index >= 15 is 0 Å². The van der Waals surface area contributed by atoms with Crippen molar-refractivity contribution in [3.05, 3.63) is 54.1 Å². The molecule has 0 aromatic heterocycles. The number of hydrazine groups is 1. The van der Waals surface area contributed by atoms with E-state index in [-0.39, 0.29) is 29.7 Å². The molecule has 2 aromatic rings. The molecule has 0 bridgehead atoms. The number of hydrogen-bond acceptors (Lipinski definition) is 5. The van der Waals surface area contributed by atoms with Crippen LogP contribution in [0.2, 0.25) is 0 Å². The molecule has 0 aliphatic rings. The van der Waals surface area contributed by atoms with E-state index in [2.05, 4.69) is 26.8 Å². The lowest BCUT2D eigenvalue weighted by molar-refractivity contribution is -0.127. The zero-order chi connectivity index (χ0) is 20.5. The third kappa shape index (κ3) is 6.20. The van der Waals surface area contributed by atoms with Gasteiger partial charge in [0.15, 0.2) is 0 Å². The molecule has 2 rings (SSSR count). The predicted molar refractivity (Wildman–Crippen MR) is 106 cm³/mol. The normalized spacial score (nSPS) is 11.1. The average molecular weight is 385 g/mol. The number of carbonyl (C=O) groups is 3. The molecule has 2 aromatic carbocycles. The maximum absolute atomic E-state index is 11.9. The molecule has 0 aliphatic carbocycles. The maximum atomic E-state index is 11.9. The second kappa shape index (κ2) is 9.81. The highest BCUT2D eigenvalue weighted by atomic mass is 16.3. The van der Waals surface area contributed by atoms with E-state index in [1.165, 1.54) is 20.0 Å². The average Bonchev–Trinajstić information content (AvgIpc) is 2.67. The van der Waals surface area contributed by atoms with Crippen molar-refractivity contribution in [2.24, 2.45) is 0 Å². The minimum absolute atomic E-state index is 0.0835. The number of phenolic OH excluding ortho intramolecular Hbond substituents is 1. The van der Waals surface area contributed by atoms with Gasteiger partial charge in [-0.15, -0.1) is 0 Å². The van der Waals surface area contributed by atoms with Crippen molar-refractivity contribution in [3.63, 3.8) is 0 Å². The monoisotopic (exact) mass is 385 g/mol. The number of urea groups is 1. The number of para-hydroxylation sites is 1. The van der Waals surface area contributed by atoms with E-state index in [4.69, 9.17) is 0 Å². The number of nitrogens with one attached hydrogen (secondary N) is 5. The molecule has 28 heavy (non-hydrogen) atoms. The summed E-state index contributed by atoms with van der Waals surface area (Å²) in [4.78, 5) is 35.2. The SMILES string of the molecule is CNC(=O)[C@H](Cc1ccc(O)c(NNC(=O)Nc2ccccc2)c1)NC(C)=O. The number of hydrogen-bond donors (Lipinski definition) is 6. The number of carbonyl (C=O) groups excluding carboxylic acids is 3. The number of rotatable bonds is 7. The first-order valence-corrected chi connectivity index (χ1v) is 8.57. The van der Waals surface area contributed by atoms with Crippen LogP contribution in [0.1, 0.15) is 12.5 Å². The molecule has 0 unspecified atom stereocenters. The Morgan fingerprint density at radius 2 is 1.79 bits per heavy atom. The van der Waals surface area contributed by atoms with Crippen molar-refractivity contribution in [1.29, 1.82) is 0 Å². The Morgan fingerprint density at radius 1 is 1.07 bits per heavy atom. The number of likely N-dealkylation sites (N-methyl/N-ethyl adjacent to an activating group) is 1. The molecule has 9 heteroatoms. The van der Waals surface area contributed by atoms with Gasteiger partial charge in [-0.25, -0.2) is 4.79 Å². The van der Waals surface area contributed by atoms with Crippen molar-refractivity contribution in [2.45, 2.75) is 19.4 Å². The van der Waals surface area contributed by atoms with Crippen LogP contribution >= 0.6 is 0 Å². The zero-order valence-corrected chi connectivity index (χ0v) is 15.6. The molecule has 0 aliphatic heterocycles. The standard InChI is InChI=1S/C19H23N5O4/c1-12(25)21-16(18(27)20-2)11-13-8-9-17(26)15(10-13)23-24-19(28)22-14-6-4-3-5-7-14/h3-10,16,23,26H,11H2,1-2H3,(H,20,27)(H,21,25)(H2,22,24,28)/t16-/m0/s1. The fourth-order valence-electron chi connectivity index (χ4n) is 2.48. The van der Waals surface area contributed by atoms with Crippen LogP contribution in [-0.2, 0) is 16.0 Å². The minimum atomic E-state index is -0.755. The van der Waals surface area contributed by atoms with Crippen LogP contribution in [0.25, 0.3) is 0 Å². The molecule has 1 atom stereocenters. The van der Waals surface area contributed by atoms with Gasteiger partial charge in [-0.2, -0.15) is 0 Å².